The number of fused-ring (bicyclic) bond motifs is 1. The average Bonchev–Trinajstić information content (AvgIpc) is 3.18. The Bertz CT molecular complexity index is 1140. The van der Waals surface area contributed by atoms with Crippen LogP contribution in [0.5, 0.6) is 0 Å². The number of sulfonamides is 1. The van der Waals surface area contributed by atoms with E-state index in [0.717, 1.165) is 34.9 Å². The van der Waals surface area contributed by atoms with Gasteiger partial charge in [0.25, 0.3) is 15.9 Å². The minimum Gasteiger partial charge on any atom is -0.351 e. The second kappa shape index (κ2) is 10.3. The molecule has 31 heavy (non-hydrogen) atoms. The topological polar surface area (TPSA) is 66.5 Å². The van der Waals surface area contributed by atoms with E-state index in [1.807, 2.05) is 50.2 Å². The van der Waals surface area contributed by atoms with Crippen molar-refractivity contribution in [2.45, 2.75) is 51.3 Å². The molecule has 166 valence electrons. The van der Waals surface area contributed by atoms with Gasteiger partial charge in [-0.2, -0.15) is 0 Å². The van der Waals surface area contributed by atoms with Gasteiger partial charge < -0.3 is 5.32 Å². The third-order valence-electron chi connectivity index (χ3n) is 5.11. The van der Waals surface area contributed by atoms with Crippen molar-refractivity contribution in [3.63, 3.8) is 0 Å². The molecule has 0 saturated heterocycles. The Labute approximate surface area is 189 Å². The van der Waals surface area contributed by atoms with Crippen molar-refractivity contribution in [3.05, 3.63) is 59.0 Å². The summed E-state index contributed by atoms with van der Waals surface area (Å²) in [6.45, 7) is 7.08. The van der Waals surface area contributed by atoms with E-state index < -0.39 is 10.0 Å². The highest BCUT2D eigenvalue weighted by molar-refractivity contribution is 7.92. The maximum atomic E-state index is 13.3. The van der Waals surface area contributed by atoms with E-state index in [0.29, 0.717) is 30.1 Å². The number of aryl methyl sites for hydroxylation is 1. The third kappa shape index (κ3) is 5.46. The number of carbonyl (C=O) groups is 1. The first-order chi connectivity index (χ1) is 14.9. The molecule has 1 heterocycles. The van der Waals surface area contributed by atoms with Crippen LogP contribution in [0.2, 0.25) is 0 Å². The molecule has 0 atom stereocenters. The number of rotatable bonds is 10. The fraction of sp³-hybridized carbons (Fsp3) is 0.375. The van der Waals surface area contributed by atoms with Crippen LogP contribution in [-0.2, 0) is 10.0 Å². The molecule has 0 aliphatic carbocycles. The zero-order chi connectivity index (χ0) is 22.4. The summed E-state index contributed by atoms with van der Waals surface area (Å²) in [7, 11) is -3.67. The zero-order valence-electron chi connectivity index (χ0n) is 18.3. The minimum absolute atomic E-state index is 0.0726. The lowest BCUT2D eigenvalue weighted by atomic mass is 10.2. The number of carbonyl (C=O) groups excluding carboxylic acids is 1. The van der Waals surface area contributed by atoms with Crippen LogP contribution in [0, 0.1) is 6.92 Å². The van der Waals surface area contributed by atoms with Gasteiger partial charge in [-0.25, -0.2) is 8.42 Å². The molecular weight excluding hydrogens is 428 g/mol. The van der Waals surface area contributed by atoms with Gasteiger partial charge in [-0.05, 0) is 61.5 Å². The molecule has 0 saturated carbocycles. The summed E-state index contributed by atoms with van der Waals surface area (Å²) in [5.41, 5.74) is 1.63. The Morgan fingerprint density at radius 2 is 1.74 bits per heavy atom. The minimum atomic E-state index is -3.67. The quantitative estimate of drug-likeness (QED) is 0.394. The molecule has 1 N–H and O–H groups in total. The van der Waals surface area contributed by atoms with Gasteiger partial charge in [-0.1, -0.05) is 44.4 Å². The van der Waals surface area contributed by atoms with Crippen molar-refractivity contribution in [1.29, 1.82) is 0 Å². The van der Waals surface area contributed by atoms with Crippen molar-refractivity contribution < 1.29 is 13.2 Å². The fourth-order valence-corrected chi connectivity index (χ4v) is 5.90. The first kappa shape index (κ1) is 23.3. The first-order valence-electron chi connectivity index (χ1n) is 10.8. The van der Waals surface area contributed by atoms with Gasteiger partial charge in [-0.15, -0.1) is 11.3 Å². The van der Waals surface area contributed by atoms with Crippen molar-refractivity contribution in [2.75, 3.05) is 17.4 Å². The Morgan fingerprint density at radius 1 is 1.00 bits per heavy atom. The lowest BCUT2D eigenvalue weighted by Gasteiger charge is -2.24. The summed E-state index contributed by atoms with van der Waals surface area (Å²) < 4.78 is 29.1. The van der Waals surface area contributed by atoms with Crippen LogP contribution in [0.1, 0.15) is 54.8 Å². The molecule has 3 rings (SSSR count). The number of hydrogen-bond donors (Lipinski definition) is 1. The summed E-state index contributed by atoms with van der Waals surface area (Å²) in [4.78, 5) is 13.4. The zero-order valence-corrected chi connectivity index (χ0v) is 20.0. The molecule has 7 heteroatoms. The van der Waals surface area contributed by atoms with Gasteiger partial charge in [0, 0.05) is 17.8 Å². The number of thiophene rings is 1. The van der Waals surface area contributed by atoms with E-state index in [4.69, 9.17) is 0 Å². The number of hydrogen-bond acceptors (Lipinski definition) is 4. The van der Waals surface area contributed by atoms with E-state index in [2.05, 4.69) is 12.2 Å². The van der Waals surface area contributed by atoms with Gasteiger partial charge >= 0.3 is 0 Å². The molecule has 0 aliphatic heterocycles. The highest BCUT2D eigenvalue weighted by Crippen LogP contribution is 2.32. The molecule has 2 aromatic carbocycles. The molecule has 1 aromatic heterocycles. The van der Waals surface area contributed by atoms with Crippen LogP contribution in [0.25, 0.3) is 10.1 Å². The maximum absolute atomic E-state index is 13.3. The smallest absolute Gasteiger partial charge is 0.264 e. The van der Waals surface area contributed by atoms with Crippen LogP contribution in [0.15, 0.2) is 53.4 Å². The molecule has 0 fully saturated rings. The number of nitrogens with zero attached hydrogens (tertiary/aromatic N) is 1. The average molecular weight is 459 g/mol. The van der Waals surface area contributed by atoms with E-state index in [1.165, 1.54) is 15.6 Å². The summed E-state index contributed by atoms with van der Waals surface area (Å²) in [5.74, 6) is -0.0726. The second-order valence-corrected chi connectivity index (χ2v) is 10.6. The number of benzene rings is 2. The summed E-state index contributed by atoms with van der Waals surface area (Å²) >= 11 is 1.43. The maximum Gasteiger partial charge on any atom is 0.264 e. The predicted molar refractivity (Wildman–Crippen MR) is 130 cm³/mol. The summed E-state index contributed by atoms with van der Waals surface area (Å²) in [6, 6.07) is 14.4. The number of anilines is 1. The van der Waals surface area contributed by atoms with Crippen molar-refractivity contribution in [2.24, 2.45) is 0 Å². The van der Waals surface area contributed by atoms with E-state index in [-0.39, 0.29) is 10.8 Å². The molecule has 1 amide bonds. The van der Waals surface area contributed by atoms with E-state index in [9.17, 15) is 13.2 Å². The van der Waals surface area contributed by atoms with Crippen LogP contribution < -0.4 is 9.62 Å². The van der Waals surface area contributed by atoms with Gasteiger partial charge in [-0.3, -0.25) is 9.10 Å². The molecular formula is C24H30N2O3S2. The van der Waals surface area contributed by atoms with Gasteiger partial charge in [0.05, 0.1) is 15.5 Å². The highest BCUT2D eigenvalue weighted by Gasteiger charge is 2.24. The first-order valence-corrected chi connectivity index (χ1v) is 13.0. The lowest BCUT2D eigenvalue weighted by molar-refractivity contribution is 0.0957. The molecule has 0 unspecified atom stereocenters. The molecule has 0 spiro atoms. The molecule has 0 radical (unpaired) electrons. The van der Waals surface area contributed by atoms with Gasteiger partial charge in [0.2, 0.25) is 0 Å². The third-order valence-corrected chi connectivity index (χ3v) is 8.07. The Balaban J connectivity index is 1.89. The Morgan fingerprint density at radius 3 is 2.42 bits per heavy atom. The standard InChI is InChI=1S/C24H30N2O3S2/c1-4-6-7-14-25-24(27)23-17-19-16-20(10-13-22(19)30-23)26(15-5-2)31(28,29)21-11-8-18(3)9-12-21/h8-13,16-17H,4-7,14-15H2,1-3H3,(H,25,27). The fourth-order valence-electron chi connectivity index (χ4n) is 3.39. The second-order valence-electron chi connectivity index (χ2n) is 7.69. The van der Waals surface area contributed by atoms with Crippen molar-refractivity contribution >= 4 is 43.0 Å². The largest absolute Gasteiger partial charge is 0.351 e. The summed E-state index contributed by atoms with van der Waals surface area (Å²) in [5, 5.41) is 3.84. The summed E-state index contributed by atoms with van der Waals surface area (Å²) in [6.07, 6.45) is 3.87. The number of unbranched alkanes of at least 4 members (excludes halogenated alkanes) is 2. The van der Waals surface area contributed by atoms with Crippen molar-refractivity contribution in [1.82, 2.24) is 5.32 Å². The predicted octanol–water partition coefficient (Wildman–Crippen LogP) is 5.74. The van der Waals surface area contributed by atoms with E-state index >= 15 is 0 Å². The SMILES string of the molecule is CCCCCNC(=O)c1cc2cc(N(CCC)S(=O)(=O)c3ccc(C)cc3)ccc2s1. The molecule has 5 nitrogen and oxygen atoms in total. The number of nitrogens with one attached hydrogen (secondary N) is 1. The molecule has 0 bridgehead atoms. The highest BCUT2D eigenvalue weighted by atomic mass is 32.2. The van der Waals surface area contributed by atoms with Crippen LogP contribution in [-0.4, -0.2) is 27.4 Å². The van der Waals surface area contributed by atoms with Gasteiger partial charge in [0.15, 0.2) is 0 Å². The molecule has 0 aliphatic rings. The van der Waals surface area contributed by atoms with Gasteiger partial charge in [0.1, 0.15) is 0 Å². The van der Waals surface area contributed by atoms with Crippen LogP contribution >= 0.6 is 11.3 Å². The van der Waals surface area contributed by atoms with Crippen LogP contribution in [0.3, 0.4) is 0 Å². The molecule has 3 aromatic rings. The number of amides is 1. The van der Waals surface area contributed by atoms with E-state index in [1.54, 1.807) is 12.1 Å². The monoisotopic (exact) mass is 458 g/mol. The Kier molecular flexibility index (Phi) is 7.73. The van der Waals surface area contributed by atoms with Crippen molar-refractivity contribution in [3.8, 4) is 0 Å². The van der Waals surface area contributed by atoms with Crippen LogP contribution in [0.4, 0.5) is 5.69 Å². The Hall–Kier alpha value is -2.38. The lowest BCUT2D eigenvalue weighted by Crippen LogP contribution is -2.31. The normalized spacial score (nSPS) is 11.6.